The SMILES string of the molecule is CCC(Cn1ccnc1)Nc1nc(N)c2cnn(C)c2n1. The zero-order valence-corrected chi connectivity index (χ0v) is 12.1. The van der Waals surface area contributed by atoms with E-state index in [0.717, 1.165) is 24.0 Å². The van der Waals surface area contributed by atoms with Gasteiger partial charge in [0.15, 0.2) is 5.65 Å². The minimum atomic E-state index is 0.198. The smallest absolute Gasteiger partial charge is 0.226 e. The number of nitrogens with two attached hydrogens (primary N) is 1. The van der Waals surface area contributed by atoms with Crippen molar-refractivity contribution in [3.05, 3.63) is 24.9 Å². The molecule has 3 rings (SSSR count). The zero-order chi connectivity index (χ0) is 14.8. The van der Waals surface area contributed by atoms with Crippen molar-refractivity contribution >= 4 is 22.8 Å². The second-order valence-electron chi connectivity index (χ2n) is 4.95. The molecule has 21 heavy (non-hydrogen) atoms. The Bertz CT molecular complexity index is 730. The Balaban J connectivity index is 1.84. The van der Waals surface area contributed by atoms with Crippen LogP contribution in [0.5, 0.6) is 0 Å². The van der Waals surface area contributed by atoms with Gasteiger partial charge in [0.05, 0.1) is 17.9 Å². The fraction of sp³-hybridized carbons (Fsp3) is 0.385. The van der Waals surface area contributed by atoms with Gasteiger partial charge in [-0.2, -0.15) is 15.1 Å². The molecule has 3 aromatic rings. The molecule has 1 unspecified atom stereocenters. The summed E-state index contributed by atoms with van der Waals surface area (Å²) in [5, 5.41) is 8.25. The molecule has 3 N–H and O–H groups in total. The number of nitrogens with one attached hydrogen (secondary N) is 1. The summed E-state index contributed by atoms with van der Waals surface area (Å²) in [7, 11) is 1.83. The minimum absolute atomic E-state index is 0.198. The number of imidazole rings is 1. The van der Waals surface area contributed by atoms with Crippen LogP contribution in [0.15, 0.2) is 24.9 Å². The van der Waals surface area contributed by atoms with Crippen molar-refractivity contribution in [2.75, 3.05) is 11.1 Å². The molecule has 3 aromatic heterocycles. The molecule has 0 aliphatic heterocycles. The fourth-order valence-corrected chi connectivity index (χ4v) is 2.22. The van der Waals surface area contributed by atoms with Gasteiger partial charge in [-0.3, -0.25) is 4.68 Å². The van der Waals surface area contributed by atoms with E-state index in [1.807, 2.05) is 17.8 Å². The highest BCUT2D eigenvalue weighted by Crippen LogP contribution is 2.19. The van der Waals surface area contributed by atoms with E-state index in [1.54, 1.807) is 23.4 Å². The molecule has 0 saturated carbocycles. The van der Waals surface area contributed by atoms with Crippen molar-refractivity contribution in [2.45, 2.75) is 25.9 Å². The molecular weight excluding hydrogens is 268 g/mol. The molecule has 0 aliphatic carbocycles. The molecule has 110 valence electrons. The Labute approximate surface area is 122 Å². The predicted octanol–water partition coefficient (Wildman–Crippen LogP) is 1.03. The van der Waals surface area contributed by atoms with Gasteiger partial charge in [0.25, 0.3) is 0 Å². The van der Waals surface area contributed by atoms with Crippen LogP contribution in [0.2, 0.25) is 0 Å². The summed E-state index contributed by atoms with van der Waals surface area (Å²) in [5.74, 6) is 0.962. The van der Waals surface area contributed by atoms with E-state index in [-0.39, 0.29) is 6.04 Å². The van der Waals surface area contributed by atoms with Gasteiger partial charge < -0.3 is 15.6 Å². The highest BCUT2D eigenvalue weighted by Gasteiger charge is 2.13. The lowest BCUT2D eigenvalue weighted by molar-refractivity contribution is 0.565. The maximum Gasteiger partial charge on any atom is 0.226 e. The summed E-state index contributed by atoms with van der Waals surface area (Å²) >= 11 is 0. The number of hydrogen-bond donors (Lipinski definition) is 2. The quantitative estimate of drug-likeness (QED) is 0.726. The third-order valence-corrected chi connectivity index (χ3v) is 3.44. The van der Waals surface area contributed by atoms with E-state index >= 15 is 0 Å². The summed E-state index contributed by atoms with van der Waals surface area (Å²) in [5.41, 5.74) is 6.69. The van der Waals surface area contributed by atoms with Crippen molar-refractivity contribution in [1.82, 2.24) is 29.3 Å². The molecule has 0 bridgehead atoms. The van der Waals surface area contributed by atoms with Gasteiger partial charge in [0.1, 0.15) is 5.82 Å². The zero-order valence-electron chi connectivity index (χ0n) is 12.1. The third kappa shape index (κ3) is 2.64. The Morgan fingerprint density at radius 1 is 1.38 bits per heavy atom. The molecule has 8 heteroatoms. The molecule has 8 nitrogen and oxygen atoms in total. The van der Waals surface area contributed by atoms with E-state index in [4.69, 9.17) is 5.73 Å². The lowest BCUT2D eigenvalue weighted by Crippen LogP contribution is -2.25. The van der Waals surface area contributed by atoms with Crippen molar-refractivity contribution in [3.63, 3.8) is 0 Å². The topological polar surface area (TPSA) is 99.5 Å². The van der Waals surface area contributed by atoms with Gasteiger partial charge in [0, 0.05) is 32.0 Å². The van der Waals surface area contributed by atoms with E-state index in [0.29, 0.717) is 11.8 Å². The second kappa shape index (κ2) is 5.39. The number of hydrogen-bond acceptors (Lipinski definition) is 6. The van der Waals surface area contributed by atoms with Crippen LogP contribution in [0.4, 0.5) is 11.8 Å². The van der Waals surface area contributed by atoms with Crippen LogP contribution in [0, 0.1) is 0 Å². The molecule has 1 atom stereocenters. The summed E-state index contributed by atoms with van der Waals surface area (Å²) in [6.45, 7) is 2.91. The van der Waals surface area contributed by atoms with Gasteiger partial charge in [0.2, 0.25) is 5.95 Å². The molecule has 0 aromatic carbocycles. The maximum atomic E-state index is 5.96. The number of nitrogens with zero attached hydrogens (tertiary/aromatic N) is 6. The standard InChI is InChI=1S/C13H18N8/c1-3-9(7-21-5-4-15-8-21)17-13-18-11(14)10-6-16-20(2)12(10)19-13/h4-6,8-9H,3,7H2,1-2H3,(H3,14,17,18,19). The monoisotopic (exact) mass is 286 g/mol. The first-order valence-electron chi connectivity index (χ1n) is 6.85. The van der Waals surface area contributed by atoms with Crippen LogP contribution in [-0.2, 0) is 13.6 Å². The van der Waals surface area contributed by atoms with Crippen LogP contribution in [0.25, 0.3) is 11.0 Å². The summed E-state index contributed by atoms with van der Waals surface area (Å²) in [6.07, 6.45) is 8.11. The van der Waals surface area contributed by atoms with E-state index in [1.165, 1.54) is 0 Å². The highest BCUT2D eigenvalue weighted by molar-refractivity contribution is 5.86. The molecule has 0 spiro atoms. The van der Waals surface area contributed by atoms with E-state index in [9.17, 15) is 0 Å². The lowest BCUT2D eigenvalue weighted by atomic mass is 10.2. The van der Waals surface area contributed by atoms with Crippen molar-refractivity contribution in [2.24, 2.45) is 7.05 Å². The normalized spacial score (nSPS) is 12.7. The number of rotatable bonds is 5. The van der Waals surface area contributed by atoms with Crippen LogP contribution in [0.3, 0.4) is 0 Å². The first-order valence-corrected chi connectivity index (χ1v) is 6.85. The van der Waals surface area contributed by atoms with Crippen LogP contribution < -0.4 is 11.1 Å². The molecular formula is C13H18N8. The number of nitrogen functional groups attached to an aromatic ring is 1. The first-order chi connectivity index (χ1) is 10.2. The van der Waals surface area contributed by atoms with E-state index in [2.05, 4.69) is 32.3 Å². The van der Waals surface area contributed by atoms with Crippen LogP contribution in [0.1, 0.15) is 13.3 Å². The average molecular weight is 286 g/mol. The molecule has 0 amide bonds. The highest BCUT2D eigenvalue weighted by atomic mass is 15.3. The first kappa shape index (κ1) is 13.3. The number of aromatic nitrogens is 6. The average Bonchev–Trinajstić information content (AvgIpc) is 3.09. The Hall–Kier alpha value is -2.64. The van der Waals surface area contributed by atoms with E-state index < -0.39 is 0 Å². The number of fused-ring (bicyclic) bond motifs is 1. The summed E-state index contributed by atoms with van der Waals surface area (Å²) in [6, 6.07) is 0.198. The molecule has 3 heterocycles. The minimum Gasteiger partial charge on any atom is -0.383 e. The van der Waals surface area contributed by atoms with Gasteiger partial charge in [-0.15, -0.1) is 0 Å². The fourth-order valence-electron chi connectivity index (χ4n) is 2.22. The largest absolute Gasteiger partial charge is 0.383 e. The molecule has 0 aliphatic rings. The molecule has 0 saturated heterocycles. The third-order valence-electron chi connectivity index (χ3n) is 3.44. The van der Waals surface area contributed by atoms with Gasteiger partial charge in [-0.1, -0.05) is 6.92 Å². The second-order valence-corrected chi connectivity index (χ2v) is 4.95. The Kier molecular flexibility index (Phi) is 3.43. The number of aryl methyl sites for hydroxylation is 1. The maximum absolute atomic E-state index is 5.96. The summed E-state index contributed by atoms with van der Waals surface area (Å²) in [4.78, 5) is 12.8. The number of anilines is 2. The van der Waals surface area contributed by atoms with Gasteiger partial charge in [-0.25, -0.2) is 4.98 Å². The molecule has 0 radical (unpaired) electrons. The van der Waals surface area contributed by atoms with Crippen LogP contribution in [-0.4, -0.2) is 35.3 Å². The van der Waals surface area contributed by atoms with Gasteiger partial charge in [-0.05, 0) is 6.42 Å². The Morgan fingerprint density at radius 2 is 2.24 bits per heavy atom. The Morgan fingerprint density at radius 3 is 2.95 bits per heavy atom. The van der Waals surface area contributed by atoms with Gasteiger partial charge >= 0.3 is 0 Å². The van der Waals surface area contributed by atoms with Crippen LogP contribution >= 0.6 is 0 Å². The van der Waals surface area contributed by atoms with Crippen molar-refractivity contribution in [1.29, 1.82) is 0 Å². The molecule has 0 fully saturated rings. The summed E-state index contributed by atoms with van der Waals surface area (Å²) < 4.78 is 3.71. The predicted molar refractivity (Wildman–Crippen MR) is 80.6 cm³/mol. The van der Waals surface area contributed by atoms with Crippen molar-refractivity contribution < 1.29 is 0 Å². The lowest BCUT2D eigenvalue weighted by Gasteiger charge is -2.17. The van der Waals surface area contributed by atoms with Crippen molar-refractivity contribution in [3.8, 4) is 0 Å².